The average molecular weight is 300 g/mol. The van der Waals surface area contributed by atoms with E-state index in [1.54, 1.807) is 38.1 Å². The first-order chi connectivity index (χ1) is 9.26. The van der Waals surface area contributed by atoms with E-state index in [0.717, 1.165) is 0 Å². The number of ether oxygens (including phenoxy) is 2. The summed E-state index contributed by atoms with van der Waals surface area (Å²) in [5, 5.41) is 0.587. The molecule has 1 aromatic rings. The molecule has 20 heavy (non-hydrogen) atoms. The van der Waals surface area contributed by atoms with Gasteiger partial charge in [0.25, 0.3) is 5.91 Å². The minimum atomic E-state index is -1.10. The smallest absolute Gasteiger partial charge is 0.325 e. The predicted molar refractivity (Wildman–Crippen MR) is 75.8 cm³/mol. The lowest BCUT2D eigenvalue weighted by Gasteiger charge is -2.29. The van der Waals surface area contributed by atoms with Gasteiger partial charge in [0.05, 0.1) is 7.11 Å². The van der Waals surface area contributed by atoms with E-state index in [0.29, 0.717) is 10.8 Å². The Hall–Kier alpha value is -1.75. The zero-order valence-corrected chi connectivity index (χ0v) is 12.7. The highest BCUT2D eigenvalue weighted by atomic mass is 35.5. The van der Waals surface area contributed by atoms with Crippen LogP contribution in [0.5, 0.6) is 5.75 Å². The highest BCUT2D eigenvalue weighted by Gasteiger charge is 2.33. The Morgan fingerprint density at radius 2 is 1.80 bits per heavy atom. The summed E-state index contributed by atoms with van der Waals surface area (Å²) in [6.45, 7) is 3.15. The van der Waals surface area contributed by atoms with Crippen molar-refractivity contribution in [1.29, 1.82) is 0 Å². The summed E-state index contributed by atoms with van der Waals surface area (Å²) in [6, 6.07) is 6.71. The van der Waals surface area contributed by atoms with Crippen molar-refractivity contribution in [3.8, 4) is 5.75 Å². The summed E-state index contributed by atoms with van der Waals surface area (Å²) >= 11 is 5.79. The number of likely N-dealkylation sites (N-methyl/N-ethyl adjacent to an activating group) is 1. The van der Waals surface area contributed by atoms with Crippen molar-refractivity contribution in [2.24, 2.45) is 0 Å². The third-order valence-corrected chi connectivity index (χ3v) is 2.89. The van der Waals surface area contributed by atoms with Gasteiger partial charge in [-0.05, 0) is 38.1 Å². The van der Waals surface area contributed by atoms with Crippen LogP contribution in [0.3, 0.4) is 0 Å². The van der Waals surface area contributed by atoms with Gasteiger partial charge in [0.15, 0.2) is 5.60 Å². The SMILES string of the molecule is COC(=O)CN(C)C(=O)C(C)(C)Oc1ccc(Cl)cc1. The van der Waals surface area contributed by atoms with Crippen LogP contribution in [-0.4, -0.2) is 43.1 Å². The first kappa shape index (κ1) is 16.3. The maximum atomic E-state index is 12.3. The lowest BCUT2D eigenvalue weighted by molar-refractivity contribution is -0.152. The van der Waals surface area contributed by atoms with E-state index in [1.807, 2.05) is 0 Å². The van der Waals surface area contributed by atoms with Crippen LogP contribution in [0.15, 0.2) is 24.3 Å². The molecule has 5 nitrogen and oxygen atoms in total. The van der Waals surface area contributed by atoms with Crippen molar-refractivity contribution in [3.05, 3.63) is 29.3 Å². The zero-order valence-electron chi connectivity index (χ0n) is 12.0. The Bertz CT molecular complexity index is 484. The second-order valence-electron chi connectivity index (χ2n) is 4.80. The van der Waals surface area contributed by atoms with Crippen molar-refractivity contribution in [2.45, 2.75) is 19.4 Å². The number of hydrogen-bond donors (Lipinski definition) is 0. The Kier molecular flexibility index (Phi) is 5.39. The van der Waals surface area contributed by atoms with Crippen molar-refractivity contribution < 1.29 is 19.1 Å². The molecule has 0 aliphatic heterocycles. The van der Waals surface area contributed by atoms with Gasteiger partial charge in [-0.3, -0.25) is 9.59 Å². The molecule has 0 heterocycles. The van der Waals surface area contributed by atoms with E-state index in [9.17, 15) is 9.59 Å². The molecule has 1 amide bonds. The van der Waals surface area contributed by atoms with Crippen molar-refractivity contribution in [3.63, 3.8) is 0 Å². The molecule has 1 rings (SSSR count). The fraction of sp³-hybridized carbons (Fsp3) is 0.429. The van der Waals surface area contributed by atoms with E-state index < -0.39 is 11.6 Å². The van der Waals surface area contributed by atoms with Gasteiger partial charge < -0.3 is 14.4 Å². The van der Waals surface area contributed by atoms with Crippen molar-refractivity contribution in [1.82, 2.24) is 4.90 Å². The fourth-order valence-corrected chi connectivity index (χ4v) is 1.76. The summed E-state index contributed by atoms with van der Waals surface area (Å²) in [5.74, 6) is -0.278. The molecule has 0 atom stereocenters. The highest BCUT2D eigenvalue weighted by molar-refractivity contribution is 6.30. The molecule has 0 fully saturated rings. The van der Waals surface area contributed by atoms with Gasteiger partial charge in [0, 0.05) is 12.1 Å². The average Bonchev–Trinajstić information content (AvgIpc) is 2.40. The summed E-state index contributed by atoms with van der Waals surface area (Å²) < 4.78 is 10.2. The van der Waals surface area contributed by atoms with Gasteiger partial charge in [-0.25, -0.2) is 0 Å². The predicted octanol–water partition coefficient (Wildman–Crippen LogP) is 2.13. The minimum Gasteiger partial charge on any atom is -0.478 e. The number of carbonyl (C=O) groups excluding carboxylic acids is 2. The summed E-state index contributed by atoms with van der Waals surface area (Å²) in [7, 11) is 2.79. The molecular formula is C14H18ClNO4. The van der Waals surface area contributed by atoms with Crippen LogP contribution in [0.25, 0.3) is 0 Å². The quantitative estimate of drug-likeness (QED) is 0.782. The summed E-state index contributed by atoms with van der Waals surface area (Å²) in [6.07, 6.45) is 0. The van der Waals surface area contributed by atoms with Crippen molar-refractivity contribution in [2.75, 3.05) is 20.7 Å². The second kappa shape index (κ2) is 6.61. The number of amides is 1. The van der Waals surface area contributed by atoms with Crippen LogP contribution in [0, 0.1) is 0 Å². The molecular weight excluding hydrogens is 282 g/mol. The van der Waals surface area contributed by atoms with Gasteiger partial charge in [0.2, 0.25) is 0 Å². The van der Waals surface area contributed by atoms with Gasteiger partial charge in [-0.15, -0.1) is 0 Å². The molecule has 0 saturated carbocycles. The van der Waals surface area contributed by atoms with E-state index in [1.165, 1.54) is 19.1 Å². The van der Waals surface area contributed by atoms with Crippen LogP contribution >= 0.6 is 11.6 Å². The van der Waals surface area contributed by atoms with Gasteiger partial charge >= 0.3 is 5.97 Å². The number of benzene rings is 1. The van der Waals surface area contributed by atoms with E-state index in [2.05, 4.69) is 4.74 Å². The lowest BCUT2D eigenvalue weighted by Crippen LogP contribution is -2.48. The number of esters is 1. The highest BCUT2D eigenvalue weighted by Crippen LogP contribution is 2.22. The number of methoxy groups -OCH3 is 1. The number of rotatable bonds is 5. The first-order valence-corrected chi connectivity index (χ1v) is 6.41. The monoisotopic (exact) mass is 299 g/mol. The molecule has 0 radical (unpaired) electrons. The number of halogens is 1. The van der Waals surface area contributed by atoms with Gasteiger partial charge in [0.1, 0.15) is 12.3 Å². The Morgan fingerprint density at radius 3 is 2.30 bits per heavy atom. The Balaban J connectivity index is 2.74. The van der Waals surface area contributed by atoms with Gasteiger partial charge in [-0.1, -0.05) is 11.6 Å². The molecule has 0 spiro atoms. The van der Waals surface area contributed by atoms with Crippen LogP contribution < -0.4 is 4.74 Å². The van der Waals surface area contributed by atoms with Crippen LogP contribution in [0.2, 0.25) is 5.02 Å². The second-order valence-corrected chi connectivity index (χ2v) is 5.24. The normalized spacial score (nSPS) is 10.8. The summed E-state index contributed by atoms with van der Waals surface area (Å²) in [4.78, 5) is 24.7. The molecule has 0 bridgehead atoms. The molecule has 0 aliphatic rings. The molecule has 6 heteroatoms. The fourth-order valence-electron chi connectivity index (χ4n) is 1.63. The number of nitrogens with zero attached hydrogens (tertiary/aromatic N) is 1. The number of hydrogen-bond acceptors (Lipinski definition) is 4. The number of carbonyl (C=O) groups is 2. The topological polar surface area (TPSA) is 55.8 Å². The van der Waals surface area contributed by atoms with Crippen LogP contribution in [0.4, 0.5) is 0 Å². The maximum Gasteiger partial charge on any atom is 0.325 e. The van der Waals surface area contributed by atoms with E-state index in [4.69, 9.17) is 16.3 Å². The molecule has 0 aliphatic carbocycles. The summed E-state index contributed by atoms with van der Waals surface area (Å²) in [5.41, 5.74) is -1.10. The third-order valence-electron chi connectivity index (χ3n) is 2.64. The zero-order chi connectivity index (χ0) is 15.3. The minimum absolute atomic E-state index is 0.122. The molecule has 0 N–H and O–H groups in total. The van der Waals surface area contributed by atoms with Gasteiger partial charge in [-0.2, -0.15) is 0 Å². The maximum absolute atomic E-state index is 12.3. The van der Waals surface area contributed by atoms with E-state index in [-0.39, 0.29) is 12.5 Å². The van der Waals surface area contributed by atoms with E-state index >= 15 is 0 Å². The molecule has 1 aromatic carbocycles. The standard InChI is InChI=1S/C14H18ClNO4/c1-14(2,13(18)16(3)9-12(17)19-4)20-11-7-5-10(15)6-8-11/h5-8H,9H2,1-4H3. The molecule has 0 unspecified atom stereocenters. The molecule has 0 saturated heterocycles. The third kappa shape index (κ3) is 4.42. The van der Waals surface area contributed by atoms with Crippen LogP contribution in [-0.2, 0) is 14.3 Å². The van der Waals surface area contributed by atoms with Crippen LogP contribution in [0.1, 0.15) is 13.8 Å². The lowest BCUT2D eigenvalue weighted by atomic mass is 10.1. The Morgan fingerprint density at radius 1 is 1.25 bits per heavy atom. The molecule has 0 aromatic heterocycles. The molecule has 110 valence electrons. The Labute approximate surface area is 123 Å². The first-order valence-electron chi connectivity index (χ1n) is 6.03. The van der Waals surface area contributed by atoms with Crippen molar-refractivity contribution >= 4 is 23.5 Å². The largest absolute Gasteiger partial charge is 0.478 e.